The van der Waals surface area contributed by atoms with E-state index in [4.69, 9.17) is 4.98 Å². The highest BCUT2D eigenvalue weighted by Gasteiger charge is 2.18. The first kappa shape index (κ1) is 17.6. The molecule has 4 aromatic rings. The Kier molecular flexibility index (Phi) is 4.52. The number of rotatable bonds is 4. The van der Waals surface area contributed by atoms with E-state index in [9.17, 15) is 4.79 Å². The third-order valence-electron chi connectivity index (χ3n) is 4.92. The minimum absolute atomic E-state index is 0.0236. The minimum atomic E-state index is 0.0236. The second kappa shape index (κ2) is 7.18. The topological polar surface area (TPSA) is 75.9 Å². The Balaban J connectivity index is 1.37. The highest BCUT2D eigenvalue weighted by Crippen LogP contribution is 2.29. The van der Waals surface area contributed by atoms with Crippen LogP contribution in [0.2, 0.25) is 0 Å². The van der Waals surface area contributed by atoms with Gasteiger partial charge in [-0.05, 0) is 38.7 Å². The van der Waals surface area contributed by atoms with Crippen molar-refractivity contribution in [3.63, 3.8) is 0 Å². The number of aryl methyl sites for hydroxylation is 3. The number of nitrogens with zero attached hydrogens (tertiary/aromatic N) is 4. The van der Waals surface area contributed by atoms with Crippen molar-refractivity contribution in [3.8, 4) is 11.4 Å². The van der Waals surface area contributed by atoms with Gasteiger partial charge in [-0.2, -0.15) is 0 Å². The molecule has 0 amide bonds. The van der Waals surface area contributed by atoms with Gasteiger partial charge in [0.2, 0.25) is 5.16 Å². The molecule has 5 rings (SSSR count). The Hall–Kier alpha value is -2.45. The van der Waals surface area contributed by atoms with Gasteiger partial charge in [0, 0.05) is 28.0 Å². The summed E-state index contributed by atoms with van der Waals surface area (Å²) in [5.41, 5.74) is 4.16. The fourth-order valence-corrected chi connectivity index (χ4v) is 5.51. The van der Waals surface area contributed by atoms with Gasteiger partial charge in [0.1, 0.15) is 0 Å². The van der Waals surface area contributed by atoms with Crippen LogP contribution in [0.4, 0.5) is 0 Å². The molecule has 3 heterocycles. The molecule has 3 aromatic heterocycles. The average molecular weight is 410 g/mol. The van der Waals surface area contributed by atoms with Crippen LogP contribution in [0.5, 0.6) is 0 Å². The molecule has 0 fully saturated rings. The van der Waals surface area contributed by atoms with Crippen LogP contribution < -0.4 is 5.56 Å². The van der Waals surface area contributed by atoms with Crippen molar-refractivity contribution in [1.29, 1.82) is 0 Å². The van der Waals surface area contributed by atoms with E-state index >= 15 is 0 Å². The quantitative estimate of drug-likeness (QED) is 0.515. The molecule has 0 radical (unpaired) electrons. The Morgan fingerprint density at radius 3 is 3.00 bits per heavy atom. The molecule has 142 valence electrons. The zero-order valence-corrected chi connectivity index (χ0v) is 17.1. The number of H-pyrrole nitrogens is 1. The largest absolute Gasteiger partial charge is 0.269 e. The predicted octanol–water partition coefficient (Wildman–Crippen LogP) is 4.02. The van der Waals surface area contributed by atoms with E-state index in [2.05, 4.69) is 34.2 Å². The molecule has 8 heteroatoms. The van der Waals surface area contributed by atoms with E-state index in [-0.39, 0.29) is 5.56 Å². The maximum Gasteiger partial charge on any atom is 0.259 e. The molecule has 1 aromatic carbocycles. The molecule has 1 aliphatic rings. The molecule has 0 saturated heterocycles. The molecule has 0 saturated carbocycles. The van der Waals surface area contributed by atoms with Gasteiger partial charge < -0.3 is 0 Å². The maximum absolute atomic E-state index is 12.6. The first-order valence-electron chi connectivity index (χ1n) is 9.33. The Morgan fingerprint density at radius 1 is 1.21 bits per heavy atom. The molecular formula is C20H19N5OS2. The summed E-state index contributed by atoms with van der Waals surface area (Å²) in [5.74, 6) is 1.32. The second-order valence-corrected chi connectivity index (χ2v) is 9.01. The molecule has 0 atom stereocenters. The van der Waals surface area contributed by atoms with Crippen molar-refractivity contribution in [3.05, 3.63) is 62.5 Å². The number of thiazole rings is 1. The zero-order chi connectivity index (χ0) is 19.1. The van der Waals surface area contributed by atoms with Crippen LogP contribution in [-0.4, -0.2) is 24.6 Å². The van der Waals surface area contributed by atoms with E-state index in [0.29, 0.717) is 10.9 Å². The van der Waals surface area contributed by atoms with Gasteiger partial charge in [0.05, 0.1) is 5.69 Å². The summed E-state index contributed by atoms with van der Waals surface area (Å²) in [6.45, 7) is 2.05. The summed E-state index contributed by atoms with van der Waals surface area (Å²) in [7, 11) is 0. The Morgan fingerprint density at radius 2 is 2.11 bits per heavy atom. The average Bonchev–Trinajstić information content (AvgIpc) is 3.31. The smallest absolute Gasteiger partial charge is 0.259 e. The minimum Gasteiger partial charge on any atom is -0.269 e. The number of benzene rings is 1. The molecule has 0 bridgehead atoms. The summed E-state index contributed by atoms with van der Waals surface area (Å²) in [6, 6.07) is 9.79. The molecule has 1 aliphatic carbocycles. The molecule has 0 aliphatic heterocycles. The molecular weight excluding hydrogens is 390 g/mol. The van der Waals surface area contributed by atoms with E-state index in [1.807, 2.05) is 12.1 Å². The van der Waals surface area contributed by atoms with Crippen molar-refractivity contribution in [2.45, 2.75) is 43.5 Å². The third kappa shape index (κ3) is 3.27. The second-order valence-electron chi connectivity index (χ2n) is 7.01. The number of aromatic nitrogens is 5. The fraction of sp³-hybridized carbons (Fsp3) is 0.300. The summed E-state index contributed by atoms with van der Waals surface area (Å²) >= 11 is 3.14. The highest BCUT2D eigenvalue weighted by molar-refractivity contribution is 7.98. The van der Waals surface area contributed by atoms with Crippen LogP contribution >= 0.6 is 23.1 Å². The number of hydrogen-bond donors (Lipinski definition) is 1. The monoisotopic (exact) mass is 409 g/mol. The number of hydrogen-bond acceptors (Lipinski definition) is 6. The summed E-state index contributed by atoms with van der Waals surface area (Å²) in [6.07, 6.45) is 4.39. The van der Waals surface area contributed by atoms with Crippen LogP contribution in [-0.2, 0) is 18.6 Å². The fourth-order valence-electron chi connectivity index (χ4n) is 3.59. The third-order valence-corrected chi connectivity index (χ3v) is 6.94. The van der Waals surface area contributed by atoms with Crippen molar-refractivity contribution >= 4 is 28.1 Å². The van der Waals surface area contributed by atoms with Gasteiger partial charge in [-0.3, -0.25) is 14.3 Å². The lowest BCUT2D eigenvalue weighted by atomic mass is 10.0. The standard InChI is InChI=1S/C20H19N5OS2/c1-12-5-4-6-13(9-12)18-22-19(24-23-18)27-11-14-10-17(26)25-15-7-2-3-8-16(15)28-20(25)21-14/h4-6,9-10H,2-3,7-8,11H2,1H3,(H,22,23,24). The van der Waals surface area contributed by atoms with Crippen molar-refractivity contribution in [2.75, 3.05) is 0 Å². The van der Waals surface area contributed by atoms with Gasteiger partial charge in [0.25, 0.3) is 5.56 Å². The van der Waals surface area contributed by atoms with Crippen LogP contribution in [0.3, 0.4) is 0 Å². The summed E-state index contributed by atoms with van der Waals surface area (Å²) < 4.78 is 1.80. The SMILES string of the molecule is Cc1cccc(-c2nc(SCc3cc(=O)n4c5c(sc4n3)CCCC5)n[nH]2)c1. The summed E-state index contributed by atoms with van der Waals surface area (Å²) in [4.78, 5) is 24.1. The zero-order valence-electron chi connectivity index (χ0n) is 15.4. The van der Waals surface area contributed by atoms with Crippen molar-refractivity contribution in [1.82, 2.24) is 24.6 Å². The highest BCUT2D eigenvalue weighted by atomic mass is 32.2. The molecule has 0 unspecified atom stereocenters. The van der Waals surface area contributed by atoms with E-state index in [1.54, 1.807) is 21.8 Å². The van der Waals surface area contributed by atoms with E-state index in [1.165, 1.54) is 34.3 Å². The van der Waals surface area contributed by atoms with Crippen LogP contribution in [0.25, 0.3) is 16.3 Å². The van der Waals surface area contributed by atoms with Crippen LogP contribution in [0, 0.1) is 6.92 Å². The van der Waals surface area contributed by atoms with Gasteiger partial charge >= 0.3 is 0 Å². The van der Waals surface area contributed by atoms with Crippen molar-refractivity contribution in [2.24, 2.45) is 0 Å². The lowest BCUT2D eigenvalue weighted by Crippen LogP contribution is -2.17. The Bertz CT molecular complexity index is 1220. The molecule has 6 nitrogen and oxygen atoms in total. The molecule has 1 N–H and O–H groups in total. The number of thioether (sulfide) groups is 1. The molecule has 0 spiro atoms. The first-order valence-corrected chi connectivity index (χ1v) is 11.1. The number of aromatic amines is 1. The predicted molar refractivity (Wildman–Crippen MR) is 112 cm³/mol. The van der Waals surface area contributed by atoms with E-state index < -0.39 is 0 Å². The normalized spacial score (nSPS) is 13.8. The lowest BCUT2D eigenvalue weighted by molar-refractivity contribution is 0.670. The lowest BCUT2D eigenvalue weighted by Gasteiger charge is -2.09. The van der Waals surface area contributed by atoms with Crippen LogP contribution in [0.1, 0.15) is 34.7 Å². The van der Waals surface area contributed by atoms with Gasteiger partial charge in [-0.25, -0.2) is 9.97 Å². The molecule has 28 heavy (non-hydrogen) atoms. The maximum atomic E-state index is 12.6. The van der Waals surface area contributed by atoms with Gasteiger partial charge in [-0.15, -0.1) is 16.4 Å². The van der Waals surface area contributed by atoms with Gasteiger partial charge in [-0.1, -0.05) is 35.5 Å². The number of fused-ring (bicyclic) bond motifs is 3. The summed E-state index contributed by atoms with van der Waals surface area (Å²) in [5, 5.41) is 7.94. The van der Waals surface area contributed by atoms with E-state index in [0.717, 1.165) is 41.3 Å². The van der Waals surface area contributed by atoms with Gasteiger partial charge in [0.15, 0.2) is 10.8 Å². The first-order chi connectivity index (χ1) is 13.7. The van der Waals surface area contributed by atoms with Crippen LogP contribution in [0.15, 0.2) is 40.3 Å². The number of nitrogens with one attached hydrogen (secondary N) is 1. The Labute approximate surface area is 170 Å². The van der Waals surface area contributed by atoms with Crippen molar-refractivity contribution < 1.29 is 0 Å².